The summed E-state index contributed by atoms with van der Waals surface area (Å²) >= 11 is 0. The average molecular weight is 424 g/mol. The first-order valence-electron chi connectivity index (χ1n) is 9.53. The van der Waals surface area contributed by atoms with Crippen molar-refractivity contribution in [2.24, 2.45) is 5.92 Å². The van der Waals surface area contributed by atoms with E-state index >= 15 is 0 Å². The number of esters is 1. The number of aliphatic carboxylic acids is 1. The zero-order valence-corrected chi connectivity index (χ0v) is 17.0. The van der Waals surface area contributed by atoms with Gasteiger partial charge < -0.3 is 30.3 Å². The highest BCUT2D eigenvalue weighted by Crippen LogP contribution is 2.11. The number of ether oxygens (including phenoxy) is 2. The maximum absolute atomic E-state index is 12.0. The fourth-order valence-electron chi connectivity index (χ4n) is 2.54. The van der Waals surface area contributed by atoms with Gasteiger partial charge in [-0.25, -0.2) is 9.59 Å². The van der Waals surface area contributed by atoms with Crippen molar-refractivity contribution in [3.8, 4) is 0 Å². The summed E-state index contributed by atoms with van der Waals surface area (Å²) in [4.78, 5) is 46.6. The van der Waals surface area contributed by atoms with E-state index in [4.69, 9.17) is 9.47 Å². The first-order chi connectivity index (χ1) is 14.2. The van der Waals surface area contributed by atoms with Gasteiger partial charge in [-0.1, -0.05) is 37.3 Å². The third-order valence-corrected chi connectivity index (χ3v) is 4.06. The first kappa shape index (κ1) is 24.9. The Morgan fingerprint density at radius 2 is 1.73 bits per heavy atom. The van der Waals surface area contributed by atoms with Gasteiger partial charge in [0.2, 0.25) is 5.91 Å². The van der Waals surface area contributed by atoms with Crippen LogP contribution in [0.1, 0.15) is 32.3 Å². The van der Waals surface area contributed by atoms with E-state index in [1.165, 1.54) is 6.92 Å². The molecule has 0 aliphatic rings. The third-order valence-electron chi connectivity index (χ3n) is 4.06. The maximum atomic E-state index is 12.0. The molecule has 0 aromatic heterocycles. The van der Waals surface area contributed by atoms with Crippen molar-refractivity contribution in [2.45, 2.75) is 45.4 Å². The van der Waals surface area contributed by atoms with Crippen LogP contribution in [0.2, 0.25) is 0 Å². The second-order valence-corrected chi connectivity index (χ2v) is 6.67. The van der Waals surface area contributed by atoms with Crippen LogP contribution in [-0.2, 0) is 30.5 Å². The lowest BCUT2D eigenvalue weighted by Gasteiger charge is -2.21. The minimum atomic E-state index is -1.32. The van der Waals surface area contributed by atoms with E-state index < -0.39 is 48.4 Å². The number of aliphatic hydroxyl groups excluding tert-OH is 1. The van der Waals surface area contributed by atoms with Crippen LogP contribution in [0.25, 0.3) is 0 Å². The van der Waals surface area contributed by atoms with Crippen molar-refractivity contribution in [3.05, 3.63) is 35.9 Å². The van der Waals surface area contributed by atoms with Crippen LogP contribution < -0.4 is 10.6 Å². The van der Waals surface area contributed by atoms with Crippen LogP contribution in [0.4, 0.5) is 4.79 Å². The van der Waals surface area contributed by atoms with Gasteiger partial charge in [-0.3, -0.25) is 9.59 Å². The fourth-order valence-corrected chi connectivity index (χ4v) is 2.54. The lowest BCUT2D eigenvalue weighted by Crippen LogP contribution is -2.47. The molecule has 3 atom stereocenters. The predicted octanol–water partition coefficient (Wildman–Crippen LogP) is 0.823. The Balaban J connectivity index is 2.39. The first-order valence-corrected chi connectivity index (χ1v) is 9.53. The Labute approximate surface area is 174 Å². The Morgan fingerprint density at radius 1 is 1.07 bits per heavy atom. The molecule has 30 heavy (non-hydrogen) atoms. The van der Waals surface area contributed by atoms with Crippen LogP contribution in [0.5, 0.6) is 0 Å². The fraction of sp³-hybridized carbons (Fsp3) is 0.500. The van der Waals surface area contributed by atoms with Gasteiger partial charge in [0.05, 0.1) is 25.6 Å². The minimum absolute atomic E-state index is 0.0574. The van der Waals surface area contributed by atoms with Crippen LogP contribution >= 0.6 is 0 Å². The maximum Gasteiger partial charge on any atom is 0.407 e. The van der Waals surface area contributed by atoms with E-state index in [1.54, 1.807) is 31.2 Å². The number of carboxylic acid groups (broad SMARTS) is 1. The summed E-state index contributed by atoms with van der Waals surface area (Å²) in [6, 6.07) is 7.69. The number of carbonyl (C=O) groups is 4. The van der Waals surface area contributed by atoms with Gasteiger partial charge in [0.25, 0.3) is 0 Å². The number of rotatable bonds is 12. The molecule has 0 heterocycles. The highest BCUT2D eigenvalue weighted by Gasteiger charge is 2.29. The van der Waals surface area contributed by atoms with E-state index in [0.717, 1.165) is 5.56 Å². The van der Waals surface area contributed by atoms with Crippen molar-refractivity contribution in [3.63, 3.8) is 0 Å². The van der Waals surface area contributed by atoms with E-state index in [0.29, 0.717) is 0 Å². The molecule has 0 spiro atoms. The van der Waals surface area contributed by atoms with Gasteiger partial charge in [0.1, 0.15) is 12.6 Å². The number of carboxylic acids is 1. The molecular formula is C20H28N2O8. The number of benzene rings is 1. The van der Waals surface area contributed by atoms with E-state index in [-0.39, 0.29) is 26.2 Å². The Morgan fingerprint density at radius 3 is 2.33 bits per heavy atom. The molecule has 0 aliphatic carbocycles. The van der Waals surface area contributed by atoms with Gasteiger partial charge in [-0.2, -0.15) is 0 Å². The average Bonchev–Trinajstić information content (AvgIpc) is 2.69. The zero-order chi connectivity index (χ0) is 22.5. The molecule has 0 saturated carbocycles. The number of alkyl carbamates (subject to hydrolysis) is 1. The van der Waals surface area contributed by atoms with Crippen molar-refractivity contribution < 1.29 is 38.9 Å². The Hall–Kier alpha value is -3.14. The predicted molar refractivity (Wildman–Crippen MR) is 105 cm³/mol. The summed E-state index contributed by atoms with van der Waals surface area (Å²) in [6.07, 6.45) is -2.62. The van der Waals surface area contributed by atoms with E-state index in [1.807, 2.05) is 6.07 Å². The largest absolute Gasteiger partial charge is 0.480 e. The third kappa shape index (κ3) is 9.87. The summed E-state index contributed by atoms with van der Waals surface area (Å²) < 4.78 is 9.76. The summed E-state index contributed by atoms with van der Waals surface area (Å²) in [5.41, 5.74) is 0.796. The highest BCUT2D eigenvalue weighted by atomic mass is 16.5. The lowest BCUT2D eigenvalue weighted by atomic mass is 9.98. The molecule has 0 fully saturated rings. The number of amides is 2. The summed E-state index contributed by atoms with van der Waals surface area (Å²) in [5, 5.41) is 23.8. The van der Waals surface area contributed by atoms with Crippen LogP contribution in [0, 0.1) is 5.92 Å². The SMILES string of the molecule is CCOC(=O)C[C@H](C)[C@H](NC(=O)C[C@H](O)CNC(=O)OCc1ccccc1)C(=O)O. The van der Waals surface area contributed by atoms with Crippen molar-refractivity contribution in [1.29, 1.82) is 0 Å². The minimum Gasteiger partial charge on any atom is -0.480 e. The summed E-state index contributed by atoms with van der Waals surface area (Å²) in [7, 11) is 0. The molecule has 0 saturated heterocycles. The molecule has 1 aromatic rings. The normalized spacial score (nSPS) is 13.4. The molecule has 0 radical (unpaired) electrons. The Kier molecular flexibility index (Phi) is 10.9. The van der Waals surface area contributed by atoms with Gasteiger partial charge in [-0.05, 0) is 18.4 Å². The number of hydrogen-bond acceptors (Lipinski definition) is 7. The van der Waals surface area contributed by atoms with Crippen LogP contribution in [0.3, 0.4) is 0 Å². The van der Waals surface area contributed by atoms with E-state index in [2.05, 4.69) is 10.6 Å². The standard InChI is InChI=1S/C20H28N2O8/c1-3-29-17(25)9-13(2)18(19(26)27)22-16(24)10-15(23)11-21-20(28)30-12-14-7-5-4-6-8-14/h4-8,13,15,18,23H,3,9-12H2,1-2H3,(H,21,28)(H,22,24)(H,26,27)/t13-,15-,18-/m0/s1. The van der Waals surface area contributed by atoms with Crippen molar-refractivity contribution in [1.82, 2.24) is 10.6 Å². The van der Waals surface area contributed by atoms with Gasteiger partial charge >= 0.3 is 18.0 Å². The molecule has 10 heteroatoms. The number of nitrogens with one attached hydrogen (secondary N) is 2. The topological polar surface area (TPSA) is 151 Å². The van der Waals surface area contributed by atoms with Gasteiger partial charge in [0.15, 0.2) is 0 Å². The summed E-state index contributed by atoms with van der Waals surface area (Å²) in [5.74, 6) is -3.32. The van der Waals surface area contributed by atoms with Crippen LogP contribution in [0.15, 0.2) is 30.3 Å². The smallest absolute Gasteiger partial charge is 0.407 e. The van der Waals surface area contributed by atoms with Crippen LogP contribution in [-0.4, -0.2) is 59.4 Å². The summed E-state index contributed by atoms with van der Waals surface area (Å²) in [6.45, 7) is 3.10. The number of carbonyl (C=O) groups excluding carboxylic acids is 3. The molecule has 0 unspecified atom stereocenters. The quantitative estimate of drug-likeness (QED) is 0.360. The van der Waals surface area contributed by atoms with Crippen molar-refractivity contribution in [2.75, 3.05) is 13.2 Å². The zero-order valence-electron chi connectivity index (χ0n) is 17.0. The Bertz CT molecular complexity index is 710. The molecule has 1 aromatic carbocycles. The molecule has 0 bridgehead atoms. The molecule has 166 valence electrons. The lowest BCUT2D eigenvalue weighted by molar-refractivity contribution is -0.147. The van der Waals surface area contributed by atoms with Crippen molar-refractivity contribution >= 4 is 23.9 Å². The molecule has 0 aliphatic heterocycles. The number of aliphatic hydroxyl groups is 1. The van der Waals surface area contributed by atoms with Gasteiger partial charge in [0, 0.05) is 6.54 Å². The second kappa shape index (κ2) is 13.2. The molecule has 2 amide bonds. The highest BCUT2D eigenvalue weighted by molar-refractivity contribution is 5.84. The molecule has 4 N–H and O–H groups in total. The molecule has 10 nitrogen and oxygen atoms in total. The van der Waals surface area contributed by atoms with E-state index in [9.17, 15) is 29.4 Å². The number of hydrogen-bond donors (Lipinski definition) is 4. The monoisotopic (exact) mass is 424 g/mol. The molecule has 1 rings (SSSR count). The van der Waals surface area contributed by atoms with Gasteiger partial charge in [-0.15, -0.1) is 0 Å². The molecular weight excluding hydrogens is 396 g/mol. The second-order valence-electron chi connectivity index (χ2n) is 6.67.